The number of halogens is 1. The highest BCUT2D eigenvalue weighted by atomic mass is 35.5. The molecule has 30 heavy (non-hydrogen) atoms. The lowest BCUT2D eigenvalue weighted by Gasteiger charge is -2.32. The van der Waals surface area contributed by atoms with Crippen LogP contribution in [-0.2, 0) is 11.3 Å². The van der Waals surface area contributed by atoms with Crippen LogP contribution in [0.4, 0.5) is 0 Å². The van der Waals surface area contributed by atoms with Gasteiger partial charge in [-0.3, -0.25) is 9.69 Å². The lowest BCUT2D eigenvalue weighted by Crippen LogP contribution is -2.45. The molecule has 4 rings (SSSR count). The second-order valence-corrected chi connectivity index (χ2v) is 7.92. The number of carbonyl (C=O) groups is 1. The van der Waals surface area contributed by atoms with Crippen LogP contribution in [0.3, 0.4) is 0 Å². The Kier molecular flexibility index (Phi) is 6.35. The molecule has 1 aromatic heterocycles. The molecule has 1 fully saturated rings. The molecule has 1 aliphatic rings. The normalized spacial score (nSPS) is 15.2. The SMILES string of the molecule is O=C(COc1ccc2ccc(=O)oc2c1)NC1CCN(Cc2ccc(Cl)cc2)CC1. The summed E-state index contributed by atoms with van der Waals surface area (Å²) in [4.78, 5) is 26.0. The van der Waals surface area contributed by atoms with Gasteiger partial charge in [0, 0.05) is 48.2 Å². The summed E-state index contributed by atoms with van der Waals surface area (Å²) in [6.07, 6.45) is 1.81. The highest BCUT2D eigenvalue weighted by molar-refractivity contribution is 6.30. The quantitative estimate of drug-likeness (QED) is 0.610. The fourth-order valence-corrected chi connectivity index (χ4v) is 3.76. The fourth-order valence-electron chi connectivity index (χ4n) is 3.63. The number of hydrogen-bond donors (Lipinski definition) is 1. The topological polar surface area (TPSA) is 71.8 Å². The molecule has 1 N–H and O–H groups in total. The van der Waals surface area contributed by atoms with Gasteiger partial charge in [-0.15, -0.1) is 0 Å². The summed E-state index contributed by atoms with van der Waals surface area (Å²) in [6, 6.07) is 16.3. The van der Waals surface area contributed by atoms with E-state index in [1.165, 1.54) is 11.6 Å². The van der Waals surface area contributed by atoms with Crippen molar-refractivity contribution >= 4 is 28.5 Å². The minimum absolute atomic E-state index is 0.0758. The van der Waals surface area contributed by atoms with Crippen LogP contribution in [0.5, 0.6) is 5.75 Å². The molecule has 0 spiro atoms. The van der Waals surface area contributed by atoms with Crippen LogP contribution in [0.25, 0.3) is 11.0 Å². The average Bonchev–Trinajstić information content (AvgIpc) is 2.75. The molecule has 2 aromatic carbocycles. The Morgan fingerprint density at radius 1 is 1.10 bits per heavy atom. The number of benzene rings is 2. The molecule has 6 nitrogen and oxygen atoms in total. The predicted octanol–water partition coefficient (Wildman–Crippen LogP) is 3.61. The van der Waals surface area contributed by atoms with E-state index < -0.39 is 5.63 Å². The summed E-state index contributed by atoms with van der Waals surface area (Å²) in [7, 11) is 0. The van der Waals surface area contributed by atoms with Gasteiger partial charge in [0.25, 0.3) is 5.91 Å². The number of rotatable bonds is 6. The standard InChI is InChI=1S/C23H23ClN2O4/c24-18-5-1-16(2-6-18)14-26-11-9-19(10-12-26)25-22(27)15-29-20-7-3-17-4-8-23(28)30-21(17)13-20/h1-8,13,19H,9-12,14-15H2,(H,25,27). The lowest BCUT2D eigenvalue weighted by atomic mass is 10.0. The van der Waals surface area contributed by atoms with Gasteiger partial charge in [0.15, 0.2) is 6.61 Å². The van der Waals surface area contributed by atoms with E-state index >= 15 is 0 Å². The van der Waals surface area contributed by atoms with Crippen LogP contribution in [-0.4, -0.2) is 36.5 Å². The van der Waals surface area contributed by atoms with E-state index in [2.05, 4.69) is 10.2 Å². The van der Waals surface area contributed by atoms with E-state index in [0.717, 1.165) is 42.9 Å². The zero-order valence-corrected chi connectivity index (χ0v) is 17.2. The predicted molar refractivity (Wildman–Crippen MR) is 116 cm³/mol. The highest BCUT2D eigenvalue weighted by Gasteiger charge is 2.21. The summed E-state index contributed by atoms with van der Waals surface area (Å²) in [5.41, 5.74) is 1.26. The van der Waals surface area contributed by atoms with Gasteiger partial charge in [-0.05, 0) is 48.7 Å². The molecule has 156 valence electrons. The third kappa shape index (κ3) is 5.40. The van der Waals surface area contributed by atoms with Crippen LogP contribution in [0.1, 0.15) is 18.4 Å². The number of nitrogens with one attached hydrogen (secondary N) is 1. The van der Waals surface area contributed by atoms with Crippen molar-refractivity contribution in [2.75, 3.05) is 19.7 Å². The third-order valence-corrected chi connectivity index (χ3v) is 5.49. The van der Waals surface area contributed by atoms with Crippen molar-refractivity contribution in [3.8, 4) is 5.75 Å². The Balaban J connectivity index is 1.22. The zero-order chi connectivity index (χ0) is 20.9. The first-order chi connectivity index (χ1) is 14.5. The lowest BCUT2D eigenvalue weighted by molar-refractivity contribution is -0.124. The van der Waals surface area contributed by atoms with Crippen LogP contribution < -0.4 is 15.7 Å². The van der Waals surface area contributed by atoms with Gasteiger partial charge in [0.05, 0.1) is 0 Å². The van der Waals surface area contributed by atoms with Crippen molar-refractivity contribution in [2.24, 2.45) is 0 Å². The molecular formula is C23H23ClN2O4. The van der Waals surface area contributed by atoms with Crippen LogP contribution in [0.2, 0.25) is 5.02 Å². The van der Waals surface area contributed by atoms with Gasteiger partial charge < -0.3 is 14.5 Å². The molecule has 2 heterocycles. The Morgan fingerprint density at radius 2 is 1.83 bits per heavy atom. The molecule has 1 aliphatic heterocycles. The maximum absolute atomic E-state index is 12.3. The minimum atomic E-state index is -0.417. The Morgan fingerprint density at radius 3 is 2.60 bits per heavy atom. The number of carbonyl (C=O) groups excluding carboxylic acids is 1. The van der Waals surface area contributed by atoms with Crippen molar-refractivity contribution in [3.63, 3.8) is 0 Å². The average molecular weight is 427 g/mol. The number of amides is 1. The second-order valence-electron chi connectivity index (χ2n) is 7.49. The molecule has 0 saturated carbocycles. The Bertz CT molecular complexity index is 1070. The molecule has 3 aromatic rings. The van der Waals surface area contributed by atoms with Gasteiger partial charge in [-0.1, -0.05) is 23.7 Å². The first-order valence-electron chi connectivity index (χ1n) is 9.98. The number of piperidine rings is 1. The molecule has 0 radical (unpaired) electrons. The van der Waals surface area contributed by atoms with Gasteiger partial charge in [0.2, 0.25) is 0 Å². The smallest absolute Gasteiger partial charge is 0.336 e. The van der Waals surface area contributed by atoms with E-state index in [0.29, 0.717) is 11.3 Å². The van der Waals surface area contributed by atoms with Gasteiger partial charge in [0.1, 0.15) is 11.3 Å². The second kappa shape index (κ2) is 9.32. The number of ether oxygens (including phenoxy) is 1. The molecule has 0 bridgehead atoms. The monoisotopic (exact) mass is 426 g/mol. The minimum Gasteiger partial charge on any atom is -0.484 e. The van der Waals surface area contributed by atoms with Crippen molar-refractivity contribution in [1.82, 2.24) is 10.2 Å². The van der Waals surface area contributed by atoms with Crippen LogP contribution in [0, 0.1) is 0 Å². The van der Waals surface area contributed by atoms with E-state index in [-0.39, 0.29) is 18.6 Å². The molecule has 0 unspecified atom stereocenters. The van der Waals surface area contributed by atoms with Crippen molar-refractivity contribution in [1.29, 1.82) is 0 Å². The van der Waals surface area contributed by atoms with E-state index in [9.17, 15) is 9.59 Å². The first-order valence-corrected chi connectivity index (χ1v) is 10.4. The summed E-state index contributed by atoms with van der Waals surface area (Å²) in [5, 5.41) is 4.59. The van der Waals surface area contributed by atoms with Crippen molar-refractivity contribution in [2.45, 2.75) is 25.4 Å². The van der Waals surface area contributed by atoms with Crippen molar-refractivity contribution < 1.29 is 13.9 Å². The van der Waals surface area contributed by atoms with Gasteiger partial charge in [-0.2, -0.15) is 0 Å². The Labute approximate surface area is 179 Å². The third-order valence-electron chi connectivity index (χ3n) is 5.24. The summed E-state index contributed by atoms with van der Waals surface area (Å²) < 4.78 is 10.7. The highest BCUT2D eigenvalue weighted by Crippen LogP contribution is 2.20. The molecule has 7 heteroatoms. The van der Waals surface area contributed by atoms with Crippen molar-refractivity contribution in [3.05, 3.63) is 75.6 Å². The summed E-state index contributed by atoms with van der Waals surface area (Å²) >= 11 is 5.94. The molecule has 1 amide bonds. The number of nitrogens with zero attached hydrogens (tertiary/aromatic N) is 1. The van der Waals surface area contributed by atoms with Gasteiger partial charge in [-0.25, -0.2) is 4.79 Å². The molecular weight excluding hydrogens is 404 g/mol. The number of fused-ring (bicyclic) bond motifs is 1. The fraction of sp³-hybridized carbons (Fsp3) is 0.304. The summed E-state index contributed by atoms with van der Waals surface area (Å²) in [6.45, 7) is 2.67. The molecule has 1 saturated heterocycles. The maximum Gasteiger partial charge on any atom is 0.336 e. The van der Waals surface area contributed by atoms with E-state index in [1.54, 1.807) is 24.3 Å². The zero-order valence-electron chi connectivity index (χ0n) is 16.5. The Hall–Kier alpha value is -2.83. The number of hydrogen-bond acceptors (Lipinski definition) is 5. The molecule has 0 atom stereocenters. The maximum atomic E-state index is 12.3. The molecule has 0 aliphatic carbocycles. The largest absolute Gasteiger partial charge is 0.484 e. The van der Waals surface area contributed by atoms with E-state index in [1.807, 2.05) is 24.3 Å². The van der Waals surface area contributed by atoms with Gasteiger partial charge >= 0.3 is 5.63 Å². The van der Waals surface area contributed by atoms with Crippen LogP contribution in [0.15, 0.2) is 63.8 Å². The van der Waals surface area contributed by atoms with E-state index in [4.69, 9.17) is 20.8 Å². The summed E-state index contributed by atoms with van der Waals surface area (Å²) in [5.74, 6) is 0.338. The first kappa shape index (κ1) is 20.4. The number of likely N-dealkylation sites (tertiary alicyclic amines) is 1. The van der Waals surface area contributed by atoms with Crippen LogP contribution >= 0.6 is 11.6 Å².